The van der Waals surface area contributed by atoms with Crippen LogP contribution in [-0.4, -0.2) is 0 Å². The molecule has 0 aliphatic heterocycles. The van der Waals surface area contributed by atoms with Gasteiger partial charge in [0.15, 0.2) is 0 Å². The molecule has 152 valence electrons. The maximum Gasteiger partial charge on any atom is 0.0716 e. The molecule has 5 aromatic carbocycles. The van der Waals surface area contributed by atoms with Gasteiger partial charge in [0.2, 0.25) is 0 Å². The van der Waals surface area contributed by atoms with Crippen LogP contribution in [0.2, 0.25) is 0 Å². The van der Waals surface area contributed by atoms with Crippen LogP contribution in [0.5, 0.6) is 0 Å². The second-order valence-corrected chi connectivity index (χ2v) is 8.57. The Morgan fingerprint density at radius 1 is 0.469 bits per heavy atom. The van der Waals surface area contributed by atoms with Gasteiger partial charge in [-0.2, -0.15) is 0 Å². The summed E-state index contributed by atoms with van der Waals surface area (Å²) in [6, 6.07) is 46.4. The third kappa shape index (κ3) is 2.56. The highest BCUT2D eigenvalue weighted by Crippen LogP contribution is 2.58. The zero-order chi connectivity index (χ0) is 21.5. The Morgan fingerprint density at radius 3 is 1.62 bits per heavy atom. The van der Waals surface area contributed by atoms with E-state index in [4.69, 9.17) is 0 Å². The Balaban J connectivity index is 1.82. The van der Waals surface area contributed by atoms with E-state index in [1.807, 2.05) is 0 Å². The van der Waals surface area contributed by atoms with Gasteiger partial charge < -0.3 is 0 Å². The van der Waals surface area contributed by atoms with E-state index in [1.165, 1.54) is 50.1 Å². The third-order valence-corrected chi connectivity index (χ3v) is 6.88. The van der Waals surface area contributed by atoms with Crippen molar-refractivity contribution in [2.24, 2.45) is 0 Å². The Hall–Kier alpha value is -3.90. The molecule has 0 unspecified atom stereocenters. The number of rotatable bonds is 3. The second-order valence-electron chi connectivity index (χ2n) is 8.57. The molecule has 6 rings (SSSR count). The van der Waals surface area contributed by atoms with Crippen molar-refractivity contribution in [3.63, 3.8) is 0 Å². The first-order valence-electron chi connectivity index (χ1n) is 11.2. The van der Waals surface area contributed by atoms with E-state index in [9.17, 15) is 0 Å². The highest BCUT2D eigenvalue weighted by Gasteiger charge is 2.47. The van der Waals surface area contributed by atoms with Gasteiger partial charge in [0.05, 0.1) is 5.41 Å². The van der Waals surface area contributed by atoms with E-state index < -0.39 is 0 Å². The lowest BCUT2D eigenvalue weighted by Gasteiger charge is -2.35. The zero-order valence-corrected chi connectivity index (χ0v) is 18.1. The average molecular weight is 409 g/mol. The van der Waals surface area contributed by atoms with Crippen LogP contribution in [0.3, 0.4) is 0 Å². The Labute approximate surface area is 189 Å². The molecule has 32 heavy (non-hydrogen) atoms. The summed E-state index contributed by atoms with van der Waals surface area (Å²) in [5.74, 6) is 0. The minimum Gasteiger partial charge on any atom is -0.0622 e. The molecule has 0 saturated carbocycles. The lowest BCUT2D eigenvalue weighted by molar-refractivity contribution is 0.762. The van der Waals surface area contributed by atoms with Crippen LogP contribution in [0.15, 0.2) is 127 Å². The Kier molecular flexibility index (Phi) is 4.33. The first-order chi connectivity index (χ1) is 15.8. The maximum absolute atomic E-state index is 2.33. The molecule has 5 aromatic rings. The van der Waals surface area contributed by atoms with Gasteiger partial charge in [-0.1, -0.05) is 127 Å². The number of hydrogen-bond donors (Lipinski definition) is 0. The van der Waals surface area contributed by atoms with Gasteiger partial charge in [-0.15, -0.1) is 0 Å². The minimum absolute atomic E-state index is 0.344. The summed E-state index contributed by atoms with van der Waals surface area (Å²) in [4.78, 5) is 0. The van der Waals surface area contributed by atoms with E-state index in [0.717, 1.165) is 0 Å². The average Bonchev–Trinajstić information content (AvgIpc) is 3.18. The Bertz CT molecular complexity index is 1360. The fourth-order valence-electron chi connectivity index (χ4n) is 5.66. The van der Waals surface area contributed by atoms with Crippen molar-refractivity contribution in [3.8, 4) is 22.3 Å². The monoisotopic (exact) mass is 408 g/mol. The quantitative estimate of drug-likeness (QED) is 0.278. The molecule has 0 heteroatoms. The number of fused-ring (bicyclic) bond motifs is 3. The highest BCUT2D eigenvalue weighted by atomic mass is 14.5. The van der Waals surface area contributed by atoms with Gasteiger partial charge in [0.25, 0.3) is 0 Å². The summed E-state index contributed by atoms with van der Waals surface area (Å²) in [5, 5.41) is 0. The third-order valence-electron chi connectivity index (χ3n) is 6.88. The van der Waals surface area contributed by atoms with Crippen molar-refractivity contribution in [1.82, 2.24) is 0 Å². The zero-order valence-electron chi connectivity index (χ0n) is 18.1. The lowest BCUT2D eigenvalue weighted by Crippen LogP contribution is -2.29. The second kappa shape index (κ2) is 7.35. The van der Waals surface area contributed by atoms with Crippen LogP contribution in [0.1, 0.15) is 27.8 Å². The maximum atomic E-state index is 2.33. The molecule has 1 aliphatic rings. The minimum atomic E-state index is -0.344. The van der Waals surface area contributed by atoms with Gasteiger partial charge in [0, 0.05) is 0 Å². The molecule has 1 aliphatic carbocycles. The number of hydrogen-bond acceptors (Lipinski definition) is 0. The van der Waals surface area contributed by atoms with Crippen LogP contribution in [0.25, 0.3) is 22.3 Å². The summed E-state index contributed by atoms with van der Waals surface area (Å²) >= 11 is 0. The van der Waals surface area contributed by atoms with Crippen molar-refractivity contribution in [1.29, 1.82) is 0 Å². The topological polar surface area (TPSA) is 0 Å². The molecule has 0 heterocycles. The molecule has 0 bridgehead atoms. The van der Waals surface area contributed by atoms with Crippen molar-refractivity contribution < 1.29 is 0 Å². The summed E-state index contributed by atoms with van der Waals surface area (Å²) in [7, 11) is 0. The van der Waals surface area contributed by atoms with Crippen molar-refractivity contribution in [3.05, 3.63) is 155 Å². The predicted molar refractivity (Wildman–Crippen MR) is 134 cm³/mol. The SMILES string of the molecule is Cc1cccc2c1C(c1ccccc1)(c1ccccc1)c1cccc(-c3ccccc3)c1-2. The van der Waals surface area contributed by atoms with Crippen molar-refractivity contribution in [2.45, 2.75) is 12.3 Å². The summed E-state index contributed by atoms with van der Waals surface area (Å²) < 4.78 is 0. The van der Waals surface area contributed by atoms with Crippen molar-refractivity contribution in [2.75, 3.05) is 0 Å². The molecule has 0 amide bonds. The highest BCUT2D eigenvalue weighted by molar-refractivity contribution is 5.96. The van der Waals surface area contributed by atoms with Crippen LogP contribution in [-0.2, 0) is 5.41 Å². The molecule has 0 fully saturated rings. The molecule has 0 N–H and O–H groups in total. The molecule has 0 atom stereocenters. The summed E-state index contributed by atoms with van der Waals surface area (Å²) in [5.41, 5.74) is 11.6. The smallest absolute Gasteiger partial charge is 0.0622 e. The summed E-state index contributed by atoms with van der Waals surface area (Å²) in [6.07, 6.45) is 0. The van der Waals surface area contributed by atoms with Crippen LogP contribution in [0, 0.1) is 6.92 Å². The molecule has 0 radical (unpaired) electrons. The molecule has 0 nitrogen and oxygen atoms in total. The molecule has 0 spiro atoms. The van der Waals surface area contributed by atoms with Gasteiger partial charge in [0.1, 0.15) is 0 Å². The van der Waals surface area contributed by atoms with Crippen molar-refractivity contribution >= 4 is 0 Å². The number of aryl methyl sites for hydroxylation is 1. The van der Waals surface area contributed by atoms with Crippen LogP contribution < -0.4 is 0 Å². The fourth-order valence-corrected chi connectivity index (χ4v) is 5.66. The Morgan fingerprint density at radius 2 is 1.00 bits per heavy atom. The van der Waals surface area contributed by atoms with Gasteiger partial charge in [-0.3, -0.25) is 0 Å². The fraction of sp³-hybridized carbons (Fsp3) is 0.0625. The lowest BCUT2D eigenvalue weighted by atomic mass is 9.66. The van der Waals surface area contributed by atoms with Crippen LogP contribution >= 0.6 is 0 Å². The largest absolute Gasteiger partial charge is 0.0716 e. The molecular formula is C32H24. The molecule has 0 aromatic heterocycles. The standard InChI is InChI=1S/C32H24/c1-23-13-11-21-28-30-27(24-14-5-2-6-15-24)20-12-22-29(30)32(31(23)28,25-16-7-3-8-17-25)26-18-9-4-10-19-26/h2-22H,1H3. The predicted octanol–water partition coefficient (Wildman–Crippen LogP) is 8.03. The number of benzene rings is 5. The van der Waals surface area contributed by atoms with E-state index in [0.29, 0.717) is 0 Å². The van der Waals surface area contributed by atoms with Gasteiger partial charge >= 0.3 is 0 Å². The molecule has 0 saturated heterocycles. The van der Waals surface area contributed by atoms with E-state index in [1.54, 1.807) is 0 Å². The summed E-state index contributed by atoms with van der Waals surface area (Å²) in [6.45, 7) is 2.26. The molecular weight excluding hydrogens is 384 g/mol. The van der Waals surface area contributed by atoms with E-state index in [-0.39, 0.29) is 5.41 Å². The van der Waals surface area contributed by atoms with E-state index >= 15 is 0 Å². The van der Waals surface area contributed by atoms with E-state index in [2.05, 4.69) is 134 Å². The van der Waals surface area contributed by atoms with Gasteiger partial charge in [-0.05, 0) is 57.0 Å². The van der Waals surface area contributed by atoms with Gasteiger partial charge in [-0.25, -0.2) is 0 Å². The van der Waals surface area contributed by atoms with Crippen LogP contribution in [0.4, 0.5) is 0 Å². The first-order valence-corrected chi connectivity index (χ1v) is 11.2. The normalized spacial score (nSPS) is 13.4. The first kappa shape index (κ1) is 18.8.